The highest BCUT2D eigenvalue weighted by atomic mass is 16.5. The minimum absolute atomic E-state index is 0.579. The first-order chi connectivity index (χ1) is 6.90. The third-order valence-electron chi connectivity index (χ3n) is 3.81. The Morgan fingerprint density at radius 1 is 1.14 bits per heavy atom. The maximum atomic E-state index is 5.64. The van der Waals surface area contributed by atoms with Gasteiger partial charge in [0.25, 0.3) is 0 Å². The van der Waals surface area contributed by atoms with Crippen molar-refractivity contribution in [3.8, 4) is 0 Å². The Kier molecular flexibility index (Phi) is 2.48. The van der Waals surface area contributed by atoms with Crippen molar-refractivity contribution in [1.82, 2.24) is 10.2 Å². The molecular weight excluding hydrogens is 176 g/mol. The van der Waals surface area contributed by atoms with Gasteiger partial charge in [-0.15, -0.1) is 0 Å². The largest absolute Gasteiger partial charge is 0.372 e. The molecule has 14 heavy (non-hydrogen) atoms. The van der Waals surface area contributed by atoms with Gasteiger partial charge in [-0.3, -0.25) is 4.90 Å². The van der Waals surface area contributed by atoms with Gasteiger partial charge in [-0.1, -0.05) is 0 Å². The van der Waals surface area contributed by atoms with Crippen LogP contribution in [0.15, 0.2) is 0 Å². The first-order valence-electron chi connectivity index (χ1n) is 5.98. The molecule has 0 amide bonds. The van der Waals surface area contributed by atoms with E-state index in [0.29, 0.717) is 12.2 Å². The van der Waals surface area contributed by atoms with Crippen molar-refractivity contribution in [3.05, 3.63) is 0 Å². The molecule has 4 rings (SSSR count). The Labute approximate surface area is 85.8 Å². The van der Waals surface area contributed by atoms with E-state index in [0.717, 1.165) is 5.92 Å². The third-order valence-corrected chi connectivity index (χ3v) is 3.81. The number of rotatable bonds is 2. The molecule has 2 atom stereocenters. The van der Waals surface area contributed by atoms with Crippen LogP contribution in [0.4, 0.5) is 0 Å². The highest BCUT2D eigenvalue weighted by Gasteiger charge is 2.38. The number of nitrogens with one attached hydrogen (secondary N) is 1. The van der Waals surface area contributed by atoms with Crippen molar-refractivity contribution in [2.24, 2.45) is 5.92 Å². The van der Waals surface area contributed by atoms with Crippen LogP contribution in [0.2, 0.25) is 0 Å². The van der Waals surface area contributed by atoms with Crippen molar-refractivity contribution in [2.75, 3.05) is 32.7 Å². The summed E-state index contributed by atoms with van der Waals surface area (Å²) < 4.78 is 5.64. The molecule has 2 unspecified atom stereocenters. The van der Waals surface area contributed by atoms with Gasteiger partial charge < -0.3 is 10.1 Å². The van der Waals surface area contributed by atoms with Crippen molar-refractivity contribution < 1.29 is 4.74 Å². The summed E-state index contributed by atoms with van der Waals surface area (Å²) in [4.78, 5) is 2.62. The van der Waals surface area contributed by atoms with Crippen molar-refractivity contribution in [1.29, 1.82) is 0 Å². The maximum absolute atomic E-state index is 5.64. The summed E-state index contributed by atoms with van der Waals surface area (Å²) in [5, 5.41) is 3.43. The molecule has 2 bridgehead atoms. The Balaban J connectivity index is 1.47. The number of fused-ring (bicyclic) bond motifs is 2. The highest BCUT2D eigenvalue weighted by molar-refractivity contribution is 4.89. The summed E-state index contributed by atoms with van der Waals surface area (Å²) in [5.74, 6) is 0.939. The van der Waals surface area contributed by atoms with Gasteiger partial charge in [-0.2, -0.15) is 0 Å². The molecule has 4 fully saturated rings. The smallest absolute Gasteiger partial charge is 0.0731 e. The van der Waals surface area contributed by atoms with Gasteiger partial charge in [0, 0.05) is 26.1 Å². The Morgan fingerprint density at radius 2 is 1.79 bits per heavy atom. The second-order valence-corrected chi connectivity index (χ2v) is 5.03. The van der Waals surface area contributed by atoms with Gasteiger partial charge >= 0.3 is 0 Å². The molecule has 4 saturated heterocycles. The molecule has 3 heteroatoms. The van der Waals surface area contributed by atoms with Crippen LogP contribution in [0, 0.1) is 5.92 Å². The molecule has 0 aliphatic carbocycles. The quantitative estimate of drug-likeness (QED) is 0.694. The molecule has 0 radical (unpaired) electrons. The molecule has 80 valence electrons. The molecule has 0 aromatic rings. The number of hydrogen-bond acceptors (Lipinski definition) is 3. The van der Waals surface area contributed by atoms with Crippen LogP contribution in [0.1, 0.15) is 19.3 Å². The van der Waals surface area contributed by atoms with E-state index in [2.05, 4.69) is 10.2 Å². The van der Waals surface area contributed by atoms with E-state index in [4.69, 9.17) is 4.74 Å². The van der Waals surface area contributed by atoms with Crippen molar-refractivity contribution in [3.63, 3.8) is 0 Å². The summed E-state index contributed by atoms with van der Waals surface area (Å²) in [7, 11) is 0. The minimum Gasteiger partial charge on any atom is -0.372 e. The van der Waals surface area contributed by atoms with Gasteiger partial charge in [0.15, 0.2) is 0 Å². The lowest BCUT2D eigenvalue weighted by molar-refractivity contribution is -0.182. The van der Waals surface area contributed by atoms with Crippen LogP contribution >= 0.6 is 0 Å². The minimum atomic E-state index is 0.579. The van der Waals surface area contributed by atoms with Crippen LogP contribution in [0.3, 0.4) is 0 Å². The first kappa shape index (κ1) is 9.13. The standard InChI is InChI=1S/C11H20N2O/c1-3-12-4-2-9(1)6-13-7-10-5-11(8-13)14-10/h9-12H,1-8H2. The molecular formula is C11H20N2O. The fraction of sp³-hybridized carbons (Fsp3) is 1.00. The van der Waals surface area contributed by atoms with E-state index < -0.39 is 0 Å². The van der Waals surface area contributed by atoms with Gasteiger partial charge in [-0.05, 0) is 31.8 Å². The molecule has 4 aliphatic rings. The van der Waals surface area contributed by atoms with Crippen LogP contribution in [0.25, 0.3) is 0 Å². The number of nitrogens with zero attached hydrogens (tertiary/aromatic N) is 1. The van der Waals surface area contributed by atoms with Crippen molar-refractivity contribution in [2.45, 2.75) is 31.5 Å². The number of morpholine rings is 1. The zero-order valence-electron chi connectivity index (χ0n) is 8.74. The first-order valence-corrected chi connectivity index (χ1v) is 5.98. The van der Waals surface area contributed by atoms with Gasteiger partial charge in [0.1, 0.15) is 0 Å². The predicted octanol–water partition coefficient (Wildman–Crippen LogP) is 0.459. The zero-order valence-corrected chi connectivity index (χ0v) is 8.74. The predicted molar refractivity (Wildman–Crippen MR) is 55.3 cm³/mol. The van der Waals surface area contributed by atoms with Crippen LogP contribution < -0.4 is 5.32 Å². The average molecular weight is 196 g/mol. The van der Waals surface area contributed by atoms with E-state index in [1.54, 1.807) is 0 Å². The second kappa shape index (κ2) is 3.80. The molecule has 1 N–H and O–H groups in total. The lowest BCUT2D eigenvalue weighted by Crippen LogP contribution is -2.58. The van der Waals surface area contributed by atoms with E-state index in [9.17, 15) is 0 Å². The lowest BCUT2D eigenvalue weighted by atomic mass is 9.94. The number of ether oxygens (including phenoxy) is 1. The van der Waals surface area contributed by atoms with Crippen LogP contribution in [0.5, 0.6) is 0 Å². The Morgan fingerprint density at radius 3 is 2.43 bits per heavy atom. The normalized spacial score (nSPS) is 39.4. The fourth-order valence-electron chi connectivity index (χ4n) is 3.02. The molecule has 4 heterocycles. The highest BCUT2D eigenvalue weighted by Crippen LogP contribution is 2.29. The molecule has 0 aromatic carbocycles. The third kappa shape index (κ3) is 1.81. The summed E-state index contributed by atoms with van der Waals surface area (Å²) >= 11 is 0. The molecule has 4 aliphatic heterocycles. The topological polar surface area (TPSA) is 24.5 Å². The van der Waals surface area contributed by atoms with E-state index in [-0.39, 0.29) is 0 Å². The fourth-order valence-corrected chi connectivity index (χ4v) is 3.02. The summed E-state index contributed by atoms with van der Waals surface area (Å²) in [6.45, 7) is 6.16. The molecule has 0 saturated carbocycles. The SMILES string of the molecule is C1CC(CN2CC3CC(C2)O3)CCN1. The Hall–Kier alpha value is -0.120. The second-order valence-electron chi connectivity index (χ2n) is 5.03. The van der Waals surface area contributed by atoms with Gasteiger partial charge in [-0.25, -0.2) is 0 Å². The van der Waals surface area contributed by atoms with Crippen LogP contribution in [-0.2, 0) is 4.74 Å². The monoisotopic (exact) mass is 196 g/mol. The van der Waals surface area contributed by atoms with Gasteiger partial charge in [0.05, 0.1) is 12.2 Å². The molecule has 0 spiro atoms. The van der Waals surface area contributed by atoms with E-state index in [1.165, 1.54) is 52.0 Å². The average Bonchev–Trinajstić information content (AvgIpc) is 2.18. The molecule has 0 aromatic heterocycles. The van der Waals surface area contributed by atoms with Crippen LogP contribution in [-0.4, -0.2) is 49.8 Å². The zero-order chi connectivity index (χ0) is 9.38. The number of hydrogen-bond donors (Lipinski definition) is 1. The number of piperidine rings is 2. The van der Waals surface area contributed by atoms with E-state index >= 15 is 0 Å². The summed E-state index contributed by atoms with van der Waals surface area (Å²) in [6.07, 6.45) is 5.22. The molecule has 3 nitrogen and oxygen atoms in total. The summed E-state index contributed by atoms with van der Waals surface area (Å²) in [5.41, 5.74) is 0. The maximum Gasteiger partial charge on any atom is 0.0731 e. The Bertz CT molecular complexity index is 187. The van der Waals surface area contributed by atoms with Gasteiger partial charge in [0.2, 0.25) is 0 Å². The van der Waals surface area contributed by atoms with Crippen molar-refractivity contribution >= 4 is 0 Å². The summed E-state index contributed by atoms with van der Waals surface area (Å²) in [6, 6.07) is 0. The lowest BCUT2D eigenvalue weighted by Gasteiger charge is -2.48. The van der Waals surface area contributed by atoms with E-state index in [1.807, 2.05) is 0 Å².